The first-order valence-electron chi connectivity index (χ1n) is 17.2. The topological polar surface area (TPSA) is 18.1 Å². The second-order valence-electron chi connectivity index (χ2n) is 13.2. The van der Waals surface area contributed by atoms with Crippen LogP contribution in [0.4, 0.5) is 0 Å². The lowest BCUT2D eigenvalue weighted by atomic mass is 9.84. The molecule has 2 nitrogen and oxygen atoms in total. The number of rotatable bonds is 3. The second kappa shape index (κ2) is 10.4. The zero-order valence-electron chi connectivity index (χ0n) is 27.1. The van der Waals surface area contributed by atoms with Crippen molar-refractivity contribution >= 4 is 76.1 Å². The number of aromatic nitrogens is 1. The molecule has 0 N–H and O–H groups in total. The summed E-state index contributed by atoms with van der Waals surface area (Å²) in [6, 6.07) is 63.7. The van der Waals surface area contributed by atoms with Gasteiger partial charge in [-0.1, -0.05) is 133 Å². The van der Waals surface area contributed by atoms with E-state index in [1.54, 1.807) is 0 Å². The summed E-state index contributed by atoms with van der Waals surface area (Å²) in [5.41, 5.74) is 10.2. The first-order chi connectivity index (χ1) is 24.8. The predicted octanol–water partition coefficient (Wildman–Crippen LogP) is 13.5. The molecule has 0 amide bonds. The molecule has 11 aromatic rings. The summed E-state index contributed by atoms with van der Waals surface area (Å²) in [6.45, 7) is 0. The minimum Gasteiger partial charge on any atom is -0.456 e. The van der Waals surface area contributed by atoms with Gasteiger partial charge in [0.1, 0.15) is 11.2 Å². The number of benzene rings is 9. The average molecular weight is 636 g/mol. The van der Waals surface area contributed by atoms with E-state index in [0.717, 1.165) is 33.2 Å². The molecule has 232 valence electrons. The third-order valence-corrected chi connectivity index (χ3v) is 10.6. The van der Waals surface area contributed by atoms with Gasteiger partial charge in [0.15, 0.2) is 0 Å². The summed E-state index contributed by atoms with van der Waals surface area (Å²) >= 11 is 0. The fraction of sp³-hybridized carbons (Fsp3) is 0. The van der Waals surface area contributed by atoms with Crippen molar-refractivity contribution < 1.29 is 4.42 Å². The lowest BCUT2D eigenvalue weighted by molar-refractivity contribution is 0.669. The Kier molecular flexibility index (Phi) is 5.70. The van der Waals surface area contributed by atoms with Crippen LogP contribution < -0.4 is 0 Å². The van der Waals surface area contributed by atoms with Crippen molar-refractivity contribution in [3.8, 4) is 27.9 Å². The molecule has 0 radical (unpaired) electrons. The van der Waals surface area contributed by atoms with Crippen LogP contribution in [0.25, 0.3) is 104 Å². The van der Waals surface area contributed by atoms with E-state index in [9.17, 15) is 0 Å². The van der Waals surface area contributed by atoms with E-state index in [0.29, 0.717) is 0 Å². The zero-order valence-corrected chi connectivity index (χ0v) is 27.1. The Hall–Kier alpha value is -6.64. The Labute approximate surface area is 288 Å². The molecule has 11 rings (SSSR count). The molecule has 0 spiro atoms. The zero-order chi connectivity index (χ0) is 32.8. The van der Waals surface area contributed by atoms with Gasteiger partial charge >= 0.3 is 0 Å². The molecule has 0 aliphatic rings. The van der Waals surface area contributed by atoms with Crippen LogP contribution in [-0.2, 0) is 0 Å². The first-order valence-corrected chi connectivity index (χ1v) is 17.2. The second-order valence-corrected chi connectivity index (χ2v) is 13.2. The smallest absolute Gasteiger partial charge is 0.137 e. The summed E-state index contributed by atoms with van der Waals surface area (Å²) in [7, 11) is 0. The van der Waals surface area contributed by atoms with Crippen molar-refractivity contribution in [3.05, 3.63) is 176 Å². The van der Waals surface area contributed by atoms with Crippen LogP contribution in [0.2, 0.25) is 0 Å². The molecule has 0 aliphatic carbocycles. The Balaban J connectivity index is 1.13. The Morgan fingerprint density at radius 1 is 0.340 bits per heavy atom. The van der Waals surface area contributed by atoms with Gasteiger partial charge in [0.05, 0.1) is 11.0 Å². The molecule has 0 saturated carbocycles. The van der Waals surface area contributed by atoms with Crippen molar-refractivity contribution in [2.45, 2.75) is 0 Å². The Morgan fingerprint density at radius 2 is 0.840 bits per heavy atom. The normalized spacial score (nSPS) is 12.0. The highest BCUT2D eigenvalue weighted by molar-refractivity contribution is 6.24. The third kappa shape index (κ3) is 3.85. The van der Waals surface area contributed by atoms with Gasteiger partial charge in [0, 0.05) is 33.3 Å². The highest BCUT2D eigenvalue weighted by atomic mass is 16.3. The van der Waals surface area contributed by atoms with E-state index in [1.807, 2.05) is 0 Å². The first kappa shape index (κ1) is 27.3. The van der Waals surface area contributed by atoms with Gasteiger partial charge in [0.2, 0.25) is 0 Å². The molecule has 2 aromatic heterocycles. The summed E-state index contributed by atoms with van der Waals surface area (Å²) in [5, 5.41) is 12.2. The van der Waals surface area contributed by atoms with Gasteiger partial charge in [0.25, 0.3) is 0 Å². The van der Waals surface area contributed by atoms with E-state index in [1.165, 1.54) is 70.8 Å². The van der Waals surface area contributed by atoms with Gasteiger partial charge in [-0.25, -0.2) is 0 Å². The number of furan rings is 1. The third-order valence-electron chi connectivity index (χ3n) is 10.6. The Morgan fingerprint density at radius 3 is 1.50 bits per heavy atom. The average Bonchev–Trinajstić information content (AvgIpc) is 3.71. The quantitative estimate of drug-likeness (QED) is 0.177. The van der Waals surface area contributed by atoms with E-state index < -0.39 is 0 Å². The van der Waals surface area contributed by atoms with E-state index in [-0.39, 0.29) is 0 Å². The number of nitrogens with zero attached hydrogens (tertiary/aromatic N) is 1. The van der Waals surface area contributed by atoms with Crippen LogP contribution >= 0.6 is 0 Å². The van der Waals surface area contributed by atoms with Gasteiger partial charge in [-0.15, -0.1) is 0 Å². The number of fused-ring (bicyclic) bond motifs is 9. The van der Waals surface area contributed by atoms with Crippen molar-refractivity contribution in [2.75, 3.05) is 0 Å². The maximum Gasteiger partial charge on any atom is 0.137 e. The van der Waals surface area contributed by atoms with Crippen LogP contribution in [0.1, 0.15) is 0 Å². The monoisotopic (exact) mass is 635 g/mol. The molecule has 2 heterocycles. The molecule has 0 saturated heterocycles. The summed E-state index contributed by atoms with van der Waals surface area (Å²) in [6.07, 6.45) is 0. The van der Waals surface area contributed by atoms with Crippen molar-refractivity contribution in [1.82, 2.24) is 4.57 Å². The molecule has 50 heavy (non-hydrogen) atoms. The molecule has 0 bridgehead atoms. The number of para-hydroxylation sites is 2. The van der Waals surface area contributed by atoms with Gasteiger partial charge in [-0.2, -0.15) is 0 Å². The van der Waals surface area contributed by atoms with Crippen LogP contribution in [0, 0.1) is 0 Å². The number of hydrogen-bond acceptors (Lipinski definition) is 1. The molecule has 9 aromatic carbocycles. The maximum atomic E-state index is 6.73. The summed E-state index contributed by atoms with van der Waals surface area (Å²) in [4.78, 5) is 0. The highest BCUT2D eigenvalue weighted by Gasteiger charge is 2.19. The SMILES string of the molecule is c1ccc2c(-c3c4ccccc4c(-c4ccc5c(c4)oc4cc(-n6c7ccccc7c7ccccc76)ccc45)c4ccccc34)cccc2c1. The maximum absolute atomic E-state index is 6.73. The van der Waals surface area contributed by atoms with Gasteiger partial charge in [-0.05, 0) is 91.0 Å². The van der Waals surface area contributed by atoms with Crippen molar-refractivity contribution in [2.24, 2.45) is 0 Å². The van der Waals surface area contributed by atoms with Crippen LogP contribution in [-0.4, -0.2) is 4.57 Å². The standard InChI is InChI=1S/C48H29NO/c1-2-14-33-30(12-1)13-11-21-38(33)48-41-19-5-3-17-39(41)47(40-18-4-6-20-42(40)48)31-24-26-36-37-27-25-32(29-46(37)50-45(36)28-31)49-43-22-9-7-15-34(43)35-16-8-10-23-44(35)49/h1-29H. The van der Waals surface area contributed by atoms with Crippen LogP contribution in [0.15, 0.2) is 180 Å². The van der Waals surface area contributed by atoms with E-state index >= 15 is 0 Å². The van der Waals surface area contributed by atoms with Crippen molar-refractivity contribution in [1.29, 1.82) is 0 Å². The van der Waals surface area contributed by atoms with E-state index in [4.69, 9.17) is 4.42 Å². The molecular weight excluding hydrogens is 607 g/mol. The largest absolute Gasteiger partial charge is 0.456 e. The predicted molar refractivity (Wildman–Crippen MR) is 211 cm³/mol. The molecule has 2 heteroatoms. The fourth-order valence-corrected chi connectivity index (χ4v) is 8.43. The minimum absolute atomic E-state index is 0.887. The summed E-state index contributed by atoms with van der Waals surface area (Å²) in [5.74, 6) is 0. The number of hydrogen-bond donors (Lipinski definition) is 0. The highest BCUT2D eigenvalue weighted by Crippen LogP contribution is 2.46. The van der Waals surface area contributed by atoms with Crippen molar-refractivity contribution in [3.63, 3.8) is 0 Å². The molecule has 0 atom stereocenters. The molecule has 0 unspecified atom stereocenters. The Bertz CT molecular complexity index is 3040. The summed E-state index contributed by atoms with van der Waals surface area (Å²) < 4.78 is 9.08. The molecule has 0 fully saturated rings. The fourth-order valence-electron chi connectivity index (χ4n) is 8.43. The lowest BCUT2D eigenvalue weighted by Crippen LogP contribution is -1.93. The van der Waals surface area contributed by atoms with Crippen LogP contribution in [0.3, 0.4) is 0 Å². The van der Waals surface area contributed by atoms with Crippen LogP contribution in [0.5, 0.6) is 0 Å². The minimum atomic E-state index is 0.887. The van der Waals surface area contributed by atoms with Gasteiger partial charge < -0.3 is 8.98 Å². The molecule has 0 aliphatic heterocycles. The van der Waals surface area contributed by atoms with E-state index in [2.05, 4.69) is 180 Å². The van der Waals surface area contributed by atoms with Gasteiger partial charge in [-0.3, -0.25) is 0 Å². The molecular formula is C48H29NO. The lowest BCUT2D eigenvalue weighted by Gasteiger charge is -2.18.